The van der Waals surface area contributed by atoms with Gasteiger partial charge in [-0.15, -0.1) is 12.4 Å². The van der Waals surface area contributed by atoms with Crippen molar-refractivity contribution in [3.8, 4) is 0 Å². The highest BCUT2D eigenvalue weighted by Gasteiger charge is 2.05. The van der Waals surface area contributed by atoms with E-state index in [1.165, 1.54) is 0 Å². The van der Waals surface area contributed by atoms with Crippen LogP contribution in [0.15, 0.2) is 0 Å². The summed E-state index contributed by atoms with van der Waals surface area (Å²) < 4.78 is 28.2. The molecule has 0 aromatic heterocycles. The summed E-state index contributed by atoms with van der Waals surface area (Å²) in [5.74, 6) is -0.141. The van der Waals surface area contributed by atoms with Gasteiger partial charge in [0, 0.05) is 0 Å². The fourth-order valence-corrected chi connectivity index (χ4v) is 1.26. The van der Waals surface area contributed by atoms with Gasteiger partial charge in [0.2, 0.25) is 0 Å². The minimum atomic E-state index is -3.72. The Labute approximate surface area is 61.6 Å². The summed E-state index contributed by atoms with van der Waals surface area (Å²) >= 11 is 0. The normalized spacial score (nSPS) is 11.1. The molecule has 0 aliphatic rings. The molecule has 0 saturated heterocycles. The highest BCUT2D eigenvalue weighted by molar-refractivity contribution is 7.85. The van der Waals surface area contributed by atoms with Gasteiger partial charge in [-0.1, -0.05) is 13.8 Å². The molecule has 0 aliphatic heterocycles. The molecule has 0 rings (SSSR count). The fourth-order valence-electron chi connectivity index (χ4n) is 0.421. The van der Waals surface area contributed by atoms with Crippen molar-refractivity contribution in [1.82, 2.24) is 0 Å². The maximum Gasteiger partial charge on any atom is 0.265 e. The molecular formula is C4H11ClO3S. The average Bonchev–Trinajstić information content (AvgIpc) is 1.21. The summed E-state index contributed by atoms with van der Waals surface area (Å²) in [6.45, 7) is 3.46. The molecule has 0 saturated carbocycles. The zero-order valence-electron chi connectivity index (χ0n) is 5.36. The Morgan fingerprint density at radius 1 is 1.44 bits per heavy atom. The van der Waals surface area contributed by atoms with Crippen LogP contribution in [0.25, 0.3) is 0 Å². The summed E-state index contributed by atoms with van der Waals surface area (Å²) in [6.07, 6.45) is 0. The molecule has 0 fully saturated rings. The van der Waals surface area contributed by atoms with Gasteiger partial charge < -0.3 is 0 Å². The van der Waals surface area contributed by atoms with Crippen LogP contribution in [-0.4, -0.2) is 18.7 Å². The van der Waals surface area contributed by atoms with Gasteiger partial charge in [0.15, 0.2) is 0 Å². The summed E-state index contributed by atoms with van der Waals surface area (Å²) in [4.78, 5) is 0. The predicted molar refractivity (Wildman–Crippen MR) is 38.5 cm³/mol. The van der Waals surface area contributed by atoms with E-state index in [1.54, 1.807) is 13.8 Å². The van der Waals surface area contributed by atoms with Crippen LogP contribution >= 0.6 is 12.4 Å². The lowest BCUT2D eigenvalue weighted by molar-refractivity contribution is 0.473. The van der Waals surface area contributed by atoms with Crippen molar-refractivity contribution >= 4 is 22.5 Å². The standard InChI is InChI=1S/C4H10O3S.ClH/c1-4(2)3-8(5,6)7;/h4H,3H2,1-2H3,(H,5,6,7);1H. The second kappa shape index (κ2) is 4.09. The molecule has 9 heavy (non-hydrogen) atoms. The van der Waals surface area contributed by atoms with Crippen molar-refractivity contribution in [2.24, 2.45) is 5.92 Å². The molecule has 3 nitrogen and oxygen atoms in total. The Balaban J connectivity index is 0. The molecule has 0 unspecified atom stereocenters. The van der Waals surface area contributed by atoms with E-state index in [9.17, 15) is 8.42 Å². The lowest BCUT2D eigenvalue weighted by Crippen LogP contribution is -2.09. The van der Waals surface area contributed by atoms with Crippen LogP contribution < -0.4 is 0 Å². The van der Waals surface area contributed by atoms with Crippen LogP contribution in [0.1, 0.15) is 13.8 Å². The van der Waals surface area contributed by atoms with E-state index in [0.29, 0.717) is 0 Å². The molecule has 0 aromatic rings. The summed E-state index contributed by atoms with van der Waals surface area (Å²) in [5.41, 5.74) is 0. The quantitative estimate of drug-likeness (QED) is 0.635. The van der Waals surface area contributed by atoms with Crippen molar-refractivity contribution in [2.45, 2.75) is 13.8 Å². The molecule has 5 heteroatoms. The zero-order valence-corrected chi connectivity index (χ0v) is 7.00. The monoisotopic (exact) mass is 174 g/mol. The van der Waals surface area contributed by atoms with E-state index >= 15 is 0 Å². The Bertz CT molecular complexity index is 149. The second-order valence-corrected chi connectivity index (χ2v) is 3.64. The Morgan fingerprint density at radius 2 is 1.78 bits per heavy atom. The highest BCUT2D eigenvalue weighted by Crippen LogP contribution is 1.95. The number of halogens is 1. The van der Waals surface area contributed by atoms with Crippen LogP contribution in [0.3, 0.4) is 0 Å². The van der Waals surface area contributed by atoms with Gasteiger partial charge >= 0.3 is 0 Å². The Kier molecular flexibility index (Phi) is 5.42. The maximum atomic E-state index is 10.00. The van der Waals surface area contributed by atoms with E-state index in [4.69, 9.17) is 4.55 Å². The van der Waals surface area contributed by atoms with Crippen molar-refractivity contribution < 1.29 is 13.0 Å². The van der Waals surface area contributed by atoms with E-state index in [0.717, 1.165) is 0 Å². The molecule has 0 aliphatic carbocycles. The van der Waals surface area contributed by atoms with Crippen LogP contribution in [-0.2, 0) is 10.1 Å². The van der Waals surface area contributed by atoms with Gasteiger partial charge in [-0.05, 0) is 5.92 Å². The molecule has 1 N–H and O–H groups in total. The number of rotatable bonds is 2. The molecule has 0 aromatic carbocycles. The zero-order chi connectivity index (χ0) is 6.78. The van der Waals surface area contributed by atoms with Crippen molar-refractivity contribution in [2.75, 3.05) is 5.75 Å². The molecule has 58 valence electrons. The van der Waals surface area contributed by atoms with E-state index in [1.807, 2.05) is 0 Å². The van der Waals surface area contributed by atoms with Crippen LogP contribution in [0.4, 0.5) is 0 Å². The van der Waals surface area contributed by atoms with Crippen LogP contribution in [0.2, 0.25) is 0 Å². The fraction of sp³-hybridized carbons (Fsp3) is 1.00. The number of hydrogen-bond donors (Lipinski definition) is 1. The predicted octanol–water partition coefficient (Wildman–Crippen LogP) is 0.952. The molecule has 0 spiro atoms. The first-order chi connectivity index (χ1) is 3.42. The first kappa shape index (κ1) is 11.9. The van der Waals surface area contributed by atoms with Crippen LogP contribution in [0, 0.1) is 5.92 Å². The maximum absolute atomic E-state index is 10.00. The van der Waals surface area contributed by atoms with Crippen molar-refractivity contribution in [3.05, 3.63) is 0 Å². The van der Waals surface area contributed by atoms with Gasteiger partial charge in [-0.3, -0.25) is 4.55 Å². The van der Waals surface area contributed by atoms with E-state index in [2.05, 4.69) is 0 Å². The highest BCUT2D eigenvalue weighted by atomic mass is 35.5. The number of hydrogen-bond acceptors (Lipinski definition) is 2. The third-order valence-electron chi connectivity index (χ3n) is 0.544. The summed E-state index contributed by atoms with van der Waals surface area (Å²) in [5, 5.41) is 0. The molecule has 0 heterocycles. The third-order valence-corrected chi connectivity index (χ3v) is 1.63. The molecule has 0 bridgehead atoms. The minimum Gasteiger partial charge on any atom is -0.286 e. The Hall–Kier alpha value is 0.200. The molecule has 0 amide bonds. The molecular weight excluding hydrogens is 164 g/mol. The minimum absolute atomic E-state index is 0. The molecule has 0 radical (unpaired) electrons. The van der Waals surface area contributed by atoms with Crippen molar-refractivity contribution in [1.29, 1.82) is 0 Å². The summed E-state index contributed by atoms with van der Waals surface area (Å²) in [6, 6.07) is 0. The molecule has 0 atom stereocenters. The third kappa shape index (κ3) is 11.7. The summed E-state index contributed by atoms with van der Waals surface area (Å²) in [7, 11) is -3.72. The largest absolute Gasteiger partial charge is 0.286 e. The van der Waals surface area contributed by atoms with E-state index in [-0.39, 0.29) is 24.1 Å². The van der Waals surface area contributed by atoms with Gasteiger partial charge in [0.1, 0.15) is 0 Å². The first-order valence-corrected chi connectivity index (χ1v) is 3.98. The van der Waals surface area contributed by atoms with Crippen LogP contribution in [0.5, 0.6) is 0 Å². The first-order valence-electron chi connectivity index (χ1n) is 2.37. The van der Waals surface area contributed by atoms with Gasteiger partial charge in [-0.2, -0.15) is 8.42 Å². The SMILES string of the molecule is CC(C)CS(=O)(=O)O.Cl. The average molecular weight is 175 g/mol. The van der Waals surface area contributed by atoms with E-state index < -0.39 is 10.1 Å². The lowest BCUT2D eigenvalue weighted by atomic mass is 10.3. The Morgan fingerprint density at radius 3 is 1.78 bits per heavy atom. The second-order valence-electron chi connectivity index (χ2n) is 2.14. The van der Waals surface area contributed by atoms with Gasteiger partial charge in [-0.25, -0.2) is 0 Å². The van der Waals surface area contributed by atoms with Gasteiger partial charge in [0.05, 0.1) is 5.75 Å². The lowest BCUT2D eigenvalue weighted by Gasteiger charge is -1.97. The topological polar surface area (TPSA) is 54.4 Å². The van der Waals surface area contributed by atoms with Gasteiger partial charge in [0.25, 0.3) is 10.1 Å². The van der Waals surface area contributed by atoms with Crippen molar-refractivity contribution in [3.63, 3.8) is 0 Å². The smallest absolute Gasteiger partial charge is 0.265 e.